The van der Waals surface area contributed by atoms with Crippen LogP contribution in [0, 0.1) is 11.8 Å². The van der Waals surface area contributed by atoms with Gasteiger partial charge in [-0.05, 0) is 87.8 Å². The van der Waals surface area contributed by atoms with Crippen LogP contribution in [0.15, 0.2) is 53.3 Å². The number of hydrogen-bond acceptors (Lipinski definition) is 19. The number of halogens is 1. The molecule has 0 saturated carbocycles. The molecule has 0 radical (unpaired) electrons. The Morgan fingerprint density at radius 1 is 0.623 bits per heavy atom. The number of carbonyl (C=O) groups is 2. The van der Waals surface area contributed by atoms with Gasteiger partial charge in [-0.25, -0.2) is 14.3 Å². The van der Waals surface area contributed by atoms with E-state index < -0.39 is 27.1 Å². The van der Waals surface area contributed by atoms with Crippen LogP contribution in [0.5, 0.6) is 11.5 Å². The minimum Gasteiger partial charge on any atom is -0.490 e. The number of carbonyl (C=O) groups excluding carboxylic acids is 2. The SMILES string of the molecule is CCOC(=O)CN(Cc1ccn(-c2cc(C#Cc3cc(OCCOC)c(Br)cc3OCCOC)cc(-n3ccc(CN(CC(=O)OCC)CP(=O)(OCC)OCC)n3)n2)n1)CP(=O)(OCC)OCC. The first-order valence-electron chi connectivity index (χ1n) is 22.5. The van der Waals surface area contributed by atoms with Crippen LogP contribution in [0.3, 0.4) is 0 Å². The summed E-state index contributed by atoms with van der Waals surface area (Å²) in [5.74, 6) is 7.19. The van der Waals surface area contributed by atoms with Gasteiger partial charge in [-0.1, -0.05) is 11.8 Å². The normalized spacial score (nSPS) is 11.8. The van der Waals surface area contributed by atoms with Crippen LogP contribution < -0.4 is 9.47 Å². The van der Waals surface area contributed by atoms with E-state index >= 15 is 0 Å². The van der Waals surface area contributed by atoms with Crippen LogP contribution in [0.25, 0.3) is 11.6 Å². The van der Waals surface area contributed by atoms with Gasteiger partial charge in [-0.15, -0.1) is 0 Å². The molecule has 0 fully saturated rings. The molecule has 0 aliphatic carbocycles. The molecule has 24 heteroatoms. The molecule has 0 spiro atoms. The van der Waals surface area contributed by atoms with Gasteiger partial charge in [0.1, 0.15) is 37.3 Å². The van der Waals surface area contributed by atoms with Crippen LogP contribution in [0.1, 0.15) is 64.1 Å². The molecule has 380 valence electrons. The molecule has 0 bridgehead atoms. The second-order valence-corrected chi connectivity index (χ2v) is 19.4. The van der Waals surface area contributed by atoms with Crippen LogP contribution in [-0.2, 0) is 68.9 Å². The van der Waals surface area contributed by atoms with E-state index in [1.807, 2.05) is 0 Å². The summed E-state index contributed by atoms with van der Waals surface area (Å²) in [6.45, 7) is 12.3. The van der Waals surface area contributed by atoms with E-state index in [4.69, 9.17) is 61.7 Å². The lowest BCUT2D eigenvalue weighted by molar-refractivity contribution is -0.145. The van der Waals surface area contributed by atoms with Crippen LogP contribution >= 0.6 is 31.1 Å². The van der Waals surface area contributed by atoms with Gasteiger partial charge in [0, 0.05) is 51.3 Å². The summed E-state index contributed by atoms with van der Waals surface area (Å²) in [7, 11) is -4.06. The van der Waals surface area contributed by atoms with Crippen molar-refractivity contribution in [3.63, 3.8) is 0 Å². The number of esters is 2. The molecule has 3 aromatic heterocycles. The summed E-state index contributed by atoms with van der Waals surface area (Å²) in [5, 5.41) is 9.60. The molecule has 3 heterocycles. The van der Waals surface area contributed by atoms with Crippen molar-refractivity contribution in [2.45, 2.75) is 54.6 Å². The van der Waals surface area contributed by atoms with Crippen molar-refractivity contribution in [1.82, 2.24) is 34.3 Å². The molecule has 4 rings (SSSR count). The number of nitrogens with zero attached hydrogens (tertiary/aromatic N) is 7. The molecule has 0 aliphatic heterocycles. The van der Waals surface area contributed by atoms with Crippen LogP contribution in [0.2, 0.25) is 0 Å². The predicted octanol–water partition coefficient (Wildman–Crippen LogP) is 6.84. The summed E-state index contributed by atoms with van der Waals surface area (Å²) < 4.78 is 86.0. The first-order valence-corrected chi connectivity index (χ1v) is 26.7. The monoisotopic (exact) mass is 1070 g/mol. The van der Waals surface area contributed by atoms with Crippen molar-refractivity contribution < 1.29 is 65.2 Å². The number of benzene rings is 1. The topological polar surface area (TPSA) is 216 Å². The molecule has 0 amide bonds. The highest BCUT2D eigenvalue weighted by molar-refractivity contribution is 9.10. The summed E-state index contributed by atoms with van der Waals surface area (Å²) in [5.41, 5.74) is 2.05. The number of methoxy groups -OCH3 is 2. The Hall–Kier alpha value is -4.49. The number of ether oxygens (including phenoxy) is 6. The number of rotatable bonds is 32. The average Bonchev–Trinajstić information content (AvgIpc) is 3.97. The van der Waals surface area contributed by atoms with Gasteiger partial charge >= 0.3 is 27.1 Å². The Kier molecular flexibility index (Phi) is 24.5. The quantitative estimate of drug-likeness (QED) is 0.0212. The van der Waals surface area contributed by atoms with Crippen molar-refractivity contribution in [1.29, 1.82) is 0 Å². The minimum absolute atomic E-state index is 0.0802. The predicted molar refractivity (Wildman–Crippen MR) is 259 cm³/mol. The molecular weight excluding hydrogens is 1000 g/mol. The van der Waals surface area contributed by atoms with E-state index in [0.717, 1.165) is 0 Å². The highest BCUT2D eigenvalue weighted by Crippen LogP contribution is 2.49. The van der Waals surface area contributed by atoms with Gasteiger partial charge in [0.2, 0.25) is 0 Å². The summed E-state index contributed by atoms with van der Waals surface area (Å²) in [6.07, 6.45) is 3.02. The van der Waals surface area contributed by atoms with Gasteiger partial charge in [0.05, 0.1) is 87.4 Å². The Morgan fingerprint density at radius 2 is 1.07 bits per heavy atom. The summed E-state index contributed by atoms with van der Waals surface area (Å²) in [4.78, 5) is 33.5. The number of aromatic nitrogens is 5. The second kappa shape index (κ2) is 29.6. The Labute approximate surface area is 412 Å². The summed E-state index contributed by atoms with van der Waals surface area (Å²) >= 11 is 3.58. The fraction of sp³-hybridized carbons (Fsp3) is 0.533. The van der Waals surface area contributed by atoms with E-state index in [1.165, 1.54) is 0 Å². The molecule has 0 unspecified atom stereocenters. The van der Waals surface area contributed by atoms with Gasteiger partial charge in [0.25, 0.3) is 0 Å². The molecular formula is C45H64BrN7O14P2. The third-order valence-electron chi connectivity index (χ3n) is 9.16. The van der Waals surface area contributed by atoms with Crippen molar-refractivity contribution in [2.24, 2.45) is 0 Å². The van der Waals surface area contributed by atoms with Gasteiger partial charge in [-0.2, -0.15) is 10.2 Å². The maximum absolute atomic E-state index is 13.6. The zero-order valence-electron chi connectivity index (χ0n) is 40.6. The number of hydrogen-bond donors (Lipinski definition) is 0. The smallest absolute Gasteiger partial charge is 0.344 e. The number of pyridine rings is 1. The summed E-state index contributed by atoms with van der Waals surface area (Å²) in [6, 6.07) is 10.5. The molecule has 0 N–H and O–H groups in total. The van der Waals surface area contributed by atoms with E-state index in [-0.39, 0.29) is 85.0 Å². The fourth-order valence-corrected chi connectivity index (χ4v) is 10.4. The van der Waals surface area contributed by atoms with Crippen LogP contribution in [-0.4, -0.2) is 152 Å². The average molecular weight is 1070 g/mol. The molecule has 69 heavy (non-hydrogen) atoms. The highest BCUT2D eigenvalue weighted by Gasteiger charge is 2.31. The van der Waals surface area contributed by atoms with Crippen molar-refractivity contribution in [3.8, 4) is 35.0 Å². The lowest BCUT2D eigenvalue weighted by atomic mass is 10.1. The van der Waals surface area contributed by atoms with Crippen LogP contribution in [0.4, 0.5) is 0 Å². The first kappa shape index (κ1) is 57.1. The van der Waals surface area contributed by atoms with E-state index in [2.05, 4.69) is 27.8 Å². The third-order valence-corrected chi connectivity index (χ3v) is 13.9. The zero-order valence-corrected chi connectivity index (χ0v) is 43.9. The van der Waals surface area contributed by atoms with E-state index in [0.29, 0.717) is 69.9 Å². The second-order valence-electron chi connectivity index (χ2n) is 14.5. The highest BCUT2D eigenvalue weighted by atomic mass is 79.9. The molecule has 0 saturated heterocycles. The largest absolute Gasteiger partial charge is 0.490 e. The van der Waals surface area contributed by atoms with Crippen molar-refractivity contribution >= 4 is 43.1 Å². The molecule has 0 aliphatic rings. The molecule has 21 nitrogen and oxygen atoms in total. The third kappa shape index (κ3) is 19.0. The maximum atomic E-state index is 13.6. The molecule has 1 aromatic carbocycles. The Balaban J connectivity index is 1.82. The van der Waals surface area contributed by atoms with E-state index in [1.54, 1.807) is 124 Å². The molecule has 4 aromatic rings. The van der Waals surface area contributed by atoms with Gasteiger partial charge < -0.3 is 46.5 Å². The fourth-order valence-electron chi connectivity index (χ4n) is 6.49. The lowest BCUT2D eigenvalue weighted by Crippen LogP contribution is -2.32. The molecule has 0 atom stereocenters. The zero-order chi connectivity index (χ0) is 50.2. The van der Waals surface area contributed by atoms with Crippen molar-refractivity contribution in [2.75, 3.05) is 106 Å². The van der Waals surface area contributed by atoms with E-state index in [9.17, 15) is 18.7 Å². The Bertz CT molecular complexity index is 2270. The van der Waals surface area contributed by atoms with Gasteiger partial charge in [0.15, 0.2) is 11.6 Å². The maximum Gasteiger partial charge on any atom is 0.344 e. The van der Waals surface area contributed by atoms with Crippen molar-refractivity contribution in [3.05, 3.63) is 75.8 Å². The van der Waals surface area contributed by atoms with Gasteiger partial charge in [-0.3, -0.25) is 28.5 Å². The standard InChI is InChI=1S/C45H64BrN7O14P2/c1-9-60-44(54)31-50(33-68(56,64-11-3)65-12-4)29-37-17-19-52(48-37)42-25-35(15-16-36-27-41(63-24-22-59-8)39(46)28-40(36)62-23-21-58-7)26-43(47-42)53-20-18-38(49-53)30-51(32-45(55)61-10-2)34-69(57,66-13-5)67-14-6/h17-20,25-28H,9-14,21-24,29-34H2,1-8H3. The lowest BCUT2D eigenvalue weighted by Gasteiger charge is -2.25. The Morgan fingerprint density at radius 3 is 1.49 bits per heavy atom. The first-order chi connectivity index (χ1) is 33.2. The minimum atomic E-state index is -3.62.